The number of guanidine groups is 1. The summed E-state index contributed by atoms with van der Waals surface area (Å²) in [5, 5.41) is 3.69. The molecule has 4 rings (SSSR count). The zero-order chi connectivity index (χ0) is 19.3. The molecule has 0 aromatic rings. The number of hydrogen-bond donors (Lipinski definition) is 1. The van der Waals surface area contributed by atoms with Crippen molar-refractivity contribution in [3.63, 3.8) is 0 Å². The van der Waals surface area contributed by atoms with Gasteiger partial charge in [-0.15, -0.1) is 0 Å². The van der Waals surface area contributed by atoms with Gasteiger partial charge in [0.25, 0.3) is 0 Å². The largest absolute Gasteiger partial charge is 0.383 e. The molecular formula is C22H41N5O. The molecule has 2 aliphatic heterocycles. The van der Waals surface area contributed by atoms with Gasteiger partial charge in [0.05, 0.1) is 6.61 Å². The minimum absolute atomic E-state index is 0.769. The molecule has 1 N–H and O–H groups in total. The van der Waals surface area contributed by atoms with Crippen LogP contribution in [0.3, 0.4) is 0 Å². The van der Waals surface area contributed by atoms with E-state index in [1.165, 1.54) is 64.7 Å². The number of rotatable bonds is 6. The van der Waals surface area contributed by atoms with E-state index in [1.54, 1.807) is 7.11 Å². The number of piperazine rings is 1. The van der Waals surface area contributed by atoms with Crippen LogP contribution >= 0.6 is 0 Å². The molecule has 0 aromatic heterocycles. The van der Waals surface area contributed by atoms with Crippen molar-refractivity contribution in [2.45, 2.75) is 44.6 Å². The second kappa shape index (κ2) is 9.77. The van der Waals surface area contributed by atoms with E-state index in [9.17, 15) is 0 Å². The van der Waals surface area contributed by atoms with E-state index in [0.29, 0.717) is 0 Å². The standard InChI is InChI=1S/C22H41N5O/c1-23-22(24-17-18-5-7-25(8-6-18)13-14-28-2)27-11-9-26(10-12-27)21-16-19-3-4-20(21)15-19/h18-21H,3-17H2,1-2H3,(H,23,24). The minimum Gasteiger partial charge on any atom is -0.383 e. The third-order valence-corrected chi connectivity index (χ3v) is 7.86. The summed E-state index contributed by atoms with van der Waals surface area (Å²) in [6.45, 7) is 10.1. The van der Waals surface area contributed by atoms with E-state index >= 15 is 0 Å². The van der Waals surface area contributed by atoms with Gasteiger partial charge in [0, 0.05) is 59.5 Å². The third-order valence-electron chi connectivity index (χ3n) is 7.86. The Bertz CT molecular complexity index is 511. The second-order valence-electron chi connectivity index (χ2n) is 9.47. The molecule has 160 valence electrons. The van der Waals surface area contributed by atoms with E-state index in [-0.39, 0.29) is 0 Å². The molecule has 0 aromatic carbocycles. The molecule has 0 spiro atoms. The van der Waals surface area contributed by atoms with Gasteiger partial charge in [0.15, 0.2) is 5.96 Å². The lowest BCUT2D eigenvalue weighted by Crippen LogP contribution is -2.56. The lowest BCUT2D eigenvalue weighted by atomic mass is 9.93. The number of hydrogen-bond acceptors (Lipinski definition) is 4. The van der Waals surface area contributed by atoms with E-state index in [0.717, 1.165) is 62.5 Å². The molecule has 2 saturated carbocycles. The fourth-order valence-electron chi connectivity index (χ4n) is 6.13. The summed E-state index contributed by atoms with van der Waals surface area (Å²) in [4.78, 5) is 12.4. The maximum atomic E-state index is 5.21. The number of likely N-dealkylation sites (tertiary alicyclic amines) is 1. The average Bonchev–Trinajstić information content (AvgIpc) is 3.38. The molecule has 2 saturated heterocycles. The van der Waals surface area contributed by atoms with Crippen LogP contribution in [0.15, 0.2) is 4.99 Å². The van der Waals surface area contributed by atoms with E-state index in [4.69, 9.17) is 4.74 Å². The zero-order valence-electron chi connectivity index (χ0n) is 18.1. The molecule has 2 heterocycles. The molecule has 3 unspecified atom stereocenters. The van der Waals surface area contributed by atoms with Crippen molar-refractivity contribution in [3.05, 3.63) is 0 Å². The highest BCUT2D eigenvalue weighted by Gasteiger charge is 2.42. The Balaban J connectivity index is 1.16. The van der Waals surface area contributed by atoms with Gasteiger partial charge >= 0.3 is 0 Å². The molecule has 3 atom stereocenters. The zero-order valence-corrected chi connectivity index (χ0v) is 18.1. The quantitative estimate of drug-likeness (QED) is 0.552. The van der Waals surface area contributed by atoms with Gasteiger partial charge in [-0.2, -0.15) is 0 Å². The predicted octanol–water partition coefficient (Wildman–Crippen LogP) is 1.73. The Morgan fingerprint density at radius 2 is 1.79 bits per heavy atom. The first-order chi connectivity index (χ1) is 13.8. The fourth-order valence-corrected chi connectivity index (χ4v) is 6.13. The van der Waals surface area contributed by atoms with Crippen LogP contribution in [0.5, 0.6) is 0 Å². The van der Waals surface area contributed by atoms with Crippen molar-refractivity contribution < 1.29 is 4.74 Å². The highest BCUT2D eigenvalue weighted by atomic mass is 16.5. The Labute approximate surface area is 171 Å². The van der Waals surface area contributed by atoms with Gasteiger partial charge in [-0.3, -0.25) is 9.89 Å². The van der Waals surface area contributed by atoms with E-state index in [1.807, 2.05) is 7.05 Å². The molecule has 4 aliphatic rings. The summed E-state index contributed by atoms with van der Waals surface area (Å²) < 4.78 is 5.21. The van der Waals surface area contributed by atoms with Gasteiger partial charge < -0.3 is 19.9 Å². The highest BCUT2D eigenvalue weighted by molar-refractivity contribution is 5.80. The third kappa shape index (κ3) is 4.82. The molecule has 6 heteroatoms. The Kier molecular flexibility index (Phi) is 7.13. The van der Waals surface area contributed by atoms with Crippen molar-refractivity contribution in [1.29, 1.82) is 0 Å². The first-order valence-corrected chi connectivity index (χ1v) is 11.7. The number of ether oxygens (including phenoxy) is 1. The van der Waals surface area contributed by atoms with Gasteiger partial charge in [-0.1, -0.05) is 6.42 Å². The maximum Gasteiger partial charge on any atom is 0.193 e. The number of nitrogens with zero attached hydrogens (tertiary/aromatic N) is 4. The van der Waals surface area contributed by atoms with Crippen molar-refractivity contribution in [3.8, 4) is 0 Å². The summed E-state index contributed by atoms with van der Waals surface area (Å²) in [5.41, 5.74) is 0. The first-order valence-electron chi connectivity index (χ1n) is 11.7. The first kappa shape index (κ1) is 20.4. The topological polar surface area (TPSA) is 43.3 Å². The summed E-state index contributed by atoms with van der Waals surface area (Å²) in [5.74, 6) is 3.94. The highest BCUT2D eigenvalue weighted by Crippen LogP contribution is 2.46. The van der Waals surface area contributed by atoms with Crippen molar-refractivity contribution >= 4 is 5.96 Å². The monoisotopic (exact) mass is 391 g/mol. The summed E-state index contributed by atoms with van der Waals surface area (Å²) in [6.07, 6.45) is 8.54. The predicted molar refractivity (Wildman–Crippen MR) is 115 cm³/mol. The second-order valence-corrected chi connectivity index (χ2v) is 9.47. The van der Waals surface area contributed by atoms with Crippen LogP contribution in [-0.4, -0.2) is 99.8 Å². The van der Waals surface area contributed by atoms with Crippen molar-refractivity contribution in [2.75, 3.05) is 73.1 Å². The summed E-state index contributed by atoms with van der Waals surface area (Å²) in [7, 11) is 3.73. The number of methoxy groups -OCH3 is 1. The molecule has 0 amide bonds. The van der Waals surface area contributed by atoms with Crippen molar-refractivity contribution in [2.24, 2.45) is 22.7 Å². The SMILES string of the molecule is CN=C(NCC1CCN(CCOC)CC1)N1CCN(C2CC3CCC2C3)CC1. The summed E-state index contributed by atoms with van der Waals surface area (Å²) in [6, 6.07) is 0.888. The molecular weight excluding hydrogens is 350 g/mol. The Hall–Kier alpha value is -0.850. The van der Waals surface area contributed by atoms with E-state index < -0.39 is 0 Å². The smallest absolute Gasteiger partial charge is 0.193 e. The molecule has 0 radical (unpaired) electrons. The lowest BCUT2D eigenvalue weighted by Gasteiger charge is -2.42. The summed E-state index contributed by atoms with van der Waals surface area (Å²) >= 11 is 0. The van der Waals surface area contributed by atoms with Crippen LogP contribution in [0.4, 0.5) is 0 Å². The molecule has 28 heavy (non-hydrogen) atoms. The number of fused-ring (bicyclic) bond motifs is 2. The van der Waals surface area contributed by atoms with Crippen LogP contribution in [0.25, 0.3) is 0 Å². The Morgan fingerprint density at radius 3 is 2.39 bits per heavy atom. The number of nitrogens with one attached hydrogen (secondary N) is 1. The molecule has 6 nitrogen and oxygen atoms in total. The van der Waals surface area contributed by atoms with Gasteiger partial charge in [-0.05, 0) is 62.9 Å². The lowest BCUT2D eigenvalue weighted by molar-refractivity contribution is 0.0953. The van der Waals surface area contributed by atoms with Crippen LogP contribution in [-0.2, 0) is 4.74 Å². The molecule has 2 aliphatic carbocycles. The molecule has 4 fully saturated rings. The van der Waals surface area contributed by atoms with Crippen LogP contribution in [0.1, 0.15) is 38.5 Å². The van der Waals surface area contributed by atoms with Crippen LogP contribution < -0.4 is 5.32 Å². The minimum atomic E-state index is 0.769. The fraction of sp³-hybridized carbons (Fsp3) is 0.955. The number of aliphatic imine (C=N–C) groups is 1. The maximum absolute atomic E-state index is 5.21. The van der Waals surface area contributed by atoms with Gasteiger partial charge in [0.1, 0.15) is 0 Å². The molecule has 2 bridgehead atoms. The van der Waals surface area contributed by atoms with Gasteiger partial charge in [0.2, 0.25) is 0 Å². The van der Waals surface area contributed by atoms with Crippen LogP contribution in [0.2, 0.25) is 0 Å². The normalized spacial score (nSPS) is 33.0. The average molecular weight is 392 g/mol. The van der Waals surface area contributed by atoms with E-state index in [2.05, 4.69) is 25.0 Å². The van der Waals surface area contributed by atoms with Gasteiger partial charge in [-0.25, -0.2) is 0 Å². The van der Waals surface area contributed by atoms with Crippen LogP contribution in [0, 0.1) is 17.8 Å². The Morgan fingerprint density at radius 1 is 1.00 bits per heavy atom. The number of piperidine rings is 1. The van der Waals surface area contributed by atoms with Crippen molar-refractivity contribution in [1.82, 2.24) is 20.0 Å².